The minimum atomic E-state index is -0.528. The summed E-state index contributed by atoms with van der Waals surface area (Å²) in [5, 5.41) is 5.71. The van der Waals surface area contributed by atoms with Crippen LogP contribution in [0.1, 0.15) is 21.2 Å². The number of nitrogens with one attached hydrogen (secondary N) is 2. The number of rotatable bonds is 10. The zero-order valence-corrected chi connectivity index (χ0v) is 23.1. The zero-order chi connectivity index (χ0) is 27.8. The summed E-state index contributed by atoms with van der Waals surface area (Å²) >= 11 is 7.64. The van der Waals surface area contributed by atoms with Gasteiger partial charge in [0.15, 0.2) is 11.5 Å². The molecule has 9 heteroatoms. The molecule has 0 aliphatic heterocycles. The molecule has 39 heavy (non-hydrogen) atoms. The molecule has 4 rings (SSSR count). The summed E-state index contributed by atoms with van der Waals surface area (Å²) in [4.78, 5) is 27.0. The van der Waals surface area contributed by atoms with E-state index in [4.69, 9.17) is 25.8 Å². The van der Waals surface area contributed by atoms with Gasteiger partial charge in [-0.15, -0.1) is 11.8 Å². The van der Waals surface area contributed by atoms with Crippen molar-refractivity contribution < 1.29 is 23.8 Å². The van der Waals surface area contributed by atoms with Gasteiger partial charge in [0, 0.05) is 21.8 Å². The van der Waals surface area contributed by atoms with Crippen LogP contribution in [0.4, 0.5) is 11.4 Å². The van der Waals surface area contributed by atoms with Gasteiger partial charge in [0.2, 0.25) is 5.91 Å². The number of hydrogen-bond acceptors (Lipinski definition) is 6. The summed E-state index contributed by atoms with van der Waals surface area (Å²) < 4.78 is 15.7. The average Bonchev–Trinajstić information content (AvgIpc) is 2.96. The first-order valence-corrected chi connectivity index (χ1v) is 13.2. The van der Waals surface area contributed by atoms with Gasteiger partial charge < -0.3 is 24.8 Å². The van der Waals surface area contributed by atoms with Gasteiger partial charge in [-0.25, -0.2) is 0 Å². The molecular weight excluding hydrogens is 536 g/mol. The number of ether oxygens (including phenoxy) is 3. The number of anilines is 2. The van der Waals surface area contributed by atoms with Crippen LogP contribution >= 0.6 is 23.4 Å². The predicted molar refractivity (Wildman–Crippen MR) is 156 cm³/mol. The van der Waals surface area contributed by atoms with E-state index in [1.165, 1.54) is 33.1 Å². The molecule has 0 bridgehead atoms. The van der Waals surface area contributed by atoms with Crippen LogP contribution in [0.2, 0.25) is 5.02 Å². The van der Waals surface area contributed by atoms with Crippen LogP contribution < -0.4 is 24.8 Å². The van der Waals surface area contributed by atoms with Gasteiger partial charge in [0.25, 0.3) is 5.91 Å². The standard InChI is InChI=1S/C30H27ClN2O5S/c1-36-25-16-12-22(18-24(25)31)33-30(35)28(19-7-5-4-6-8-19)39-23-13-10-21(11-14-23)32-29(34)20-9-15-26(37-2)27(17-20)38-3/h4-18,28H,1-3H3,(H,32,34)(H,33,35). The average molecular weight is 563 g/mol. The number of benzene rings is 4. The Bertz CT molecular complexity index is 1450. The molecule has 0 saturated carbocycles. The highest BCUT2D eigenvalue weighted by molar-refractivity contribution is 8.00. The number of carbonyl (C=O) groups is 2. The van der Waals surface area contributed by atoms with Crippen LogP contribution in [0, 0.1) is 0 Å². The second-order valence-electron chi connectivity index (χ2n) is 8.30. The quantitative estimate of drug-likeness (QED) is 0.201. The number of halogens is 1. The Morgan fingerprint density at radius 1 is 0.718 bits per heavy atom. The molecule has 0 aliphatic carbocycles. The first-order chi connectivity index (χ1) is 18.9. The monoisotopic (exact) mass is 562 g/mol. The predicted octanol–water partition coefficient (Wildman–Crippen LogP) is 7.09. The normalized spacial score (nSPS) is 11.3. The van der Waals surface area contributed by atoms with E-state index in [1.807, 2.05) is 42.5 Å². The fourth-order valence-corrected chi connectivity index (χ4v) is 5.07. The molecule has 2 amide bonds. The minimum Gasteiger partial charge on any atom is -0.495 e. The summed E-state index contributed by atoms with van der Waals surface area (Å²) in [6, 6.07) is 26.9. The maximum Gasteiger partial charge on any atom is 0.255 e. The third kappa shape index (κ3) is 7.04. The van der Waals surface area contributed by atoms with E-state index >= 15 is 0 Å². The van der Waals surface area contributed by atoms with Crippen molar-refractivity contribution in [3.63, 3.8) is 0 Å². The van der Waals surface area contributed by atoms with E-state index in [9.17, 15) is 9.59 Å². The molecule has 0 heterocycles. The minimum absolute atomic E-state index is 0.196. The Morgan fingerprint density at radius 3 is 2.00 bits per heavy atom. The van der Waals surface area contributed by atoms with Crippen molar-refractivity contribution in [1.29, 1.82) is 0 Å². The first kappa shape index (κ1) is 27.9. The van der Waals surface area contributed by atoms with Crippen molar-refractivity contribution >= 4 is 46.6 Å². The highest BCUT2D eigenvalue weighted by Gasteiger charge is 2.23. The highest BCUT2D eigenvalue weighted by Crippen LogP contribution is 2.37. The van der Waals surface area contributed by atoms with Crippen LogP contribution in [0.25, 0.3) is 0 Å². The van der Waals surface area contributed by atoms with Crippen molar-refractivity contribution in [2.24, 2.45) is 0 Å². The fourth-order valence-electron chi connectivity index (χ4n) is 3.79. The van der Waals surface area contributed by atoms with E-state index in [0.29, 0.717) is 39.2 Å². The van der Waals surface area contributed by atoms with Crippen molar-refractivity contribution in [3.8, 4) is 17.2 Å². The topological polar surface area (TPSA) is 85.9 Å². The first-order valence-electron chi connectivity index (χ1n) is 11.9. The molecule has 4 aromatic carbocycles. The highest BCUT2D eigenvalue weighted by atomic mass is 35.5. The maximum atomic E-state index is 13.4. The second kappa shape index (κ2) is 13.1. The Hall–Kier alpha value is -4.14. The van der Waals surface area contributed by atoms with Crippen molar-refractivity contribution in [2.75, 3.05) is 32.0 Å². The molecule has 0 fully saturated rings. The van der Waals surface area contributed by atoms with Crippen LogP contribution in [0.3, 0.4) is 0 Å². The number of amides is 2. The summed E-state index contributed by atoms with van der Waals surface area (Å²) in [6.45, 7) is 0. The lowest BCUT2D eigenvalue weighted by atomic mass is 10.1. The molecule has 4 aromatic rings. The molecule has 1 unspecified atom stereocenters. The zero-order valence-electron chi connectivity index (χ0n) is 21.6. The molecule has 200 valence electrons. The Kier molecular flexibility index (Phi) is 9.35. The van der Waals surface area contributed by atoms with E-state index in [0.717, 1.165) is 10.5 Å². The fraction of sp³-hybridized carbons (Fsp3) is 0.133. The van der Waals surface area contributed by atoms with Crippen LogP contribution in [0.5, 0.6) is 17.2 Å². The molecule has 0 aromatic heterocycles. The summed E-state index contributed by atoms with van der Waals surface area (Å²) in [5.41, 5.74) is 2.48. The number of carbonyl (C=O) groups excluding carboxylic acids is 2. The van der Waals surface area contributed by atoms with E-state index < -0.39 is 5.25 Å². The number of thioether (sulfide) groups is 1. The lowest BCUT2D eigenvalue weighted by Gasteiger charge is -2.18. The Morgan fingerprint density at radius 2 is 1.36 bits per heavy atom. The van der Waals surface area contributed by atoms with Crippen molar-refractivity contribution in [3.05, 3.63) is 107 Å². The summed E-state index contributed by atoms with van der Waals surface area (Å²) in [6.07, 6.45) is 0. The lowest BCUT2D eigenvalue weighted by Crippen LogP contribution is -2.19. The molecule has 0 aliphatic rings. The third-order valence-corrected chi connectivity index (χ3v) is 7.33. The molecule has 7 nitrogen and oxygen atoms in total. The molecule has 0 spiro atoms. The van der Waals surface area contributed by atoms with Gasteiger partial charge in [-0.05, 0) is 66.2 Å². The van der Waals surface area contributed by atoms with E-state index in [-0.39, 0.29) is 11.8 Å². The van der Waals surface area contributed by atoms with Gasteiger partial charge in [-0.3, -0.25) is 9.59 Å². The smallest absolute Gasteiger partial charge is 0.255 e. The molecular formula is C30H27ClN2O5S. The van der Waals surface area contributed by atoms with Crippen LogP contribution in [0.15, 0.2) is 95.9 Å². The van der Waals surface area contributed by atoms with E-state index in [1.54, 1.807) is 48.5 Å². The molecule has 2 N–H and O–H groups in total. The van der Waals surface area contributed by atoms with E-state index in [2.05, 4.69) is 10.6 Å². The summed E-state index contributed by atoms with van der Waals surface area (Å²) in [5.74, 6) is 1.07. The number of hydrogen-bond donors (Lipinski definition) is 2. The van der Waals surface area contributed by atoms with Gasteiger partial charge in [0.05, 0.1) is 26.4 Å². The van der Waals surface area contributed by atoms with Gasteiger partial charge in [-0.2, -0.15) is 0 Å². The summed E-state index contributed by atoms with van der Waals surface area (Å²) in [7, 11) is 4.59. The lowest BCUT2D eigenvalue weighted by molar-refractivity contribution is -0.115. The Labute approximate surface area is 236 Å². The SMILES string of the molecule is COc1ccc(NC(=O)C(Sc2ccc(NC(=O)c3ccc(OC)c(OC)c3)cc2)c2ccccc2)cc1Cl. The number of methoxy groups -OCH3 is 3. The molecule has 1 atom stereocenters. The molecule has 0 radical (unpaired) electrons. The second-order valence-corrected chi connectivity index (χ2v) is 9.88. The van der Waals surface area contributed by atoms with Gasteiger partial charge in [0.1, 0.15) is 11.0 Å². The molecule has 0 saturated heterocycles. The van der Waals surface area contributed by atoms with Gasteiger partial charge in [-0.1, -0.05) is 41.9 Å². The van der Waals surface area contributed by atoms with Crippen LogP contribution in [-0.4, -0.2) is 33.1 Å². The Balaban J connectivity index is 1.48. The van der Waals surface area contributed by atoms with Crippen LogP contribution in [-0.2, 0) is 4.79 Å². The van der Waals surface area contributed by atoms with Gasteiger partial charge >= 0.3 is 0 Å². The van der Waals surface area contributed by atoms with Crippen molar-refractivity contribution in [1.82, 2.24) is 0 Å². The van der Waals surface area contributed by atoms with Crippen molar-refractivity contribution in [2.45, 2.75) is 10.1 Å². The largest absolute Gasteiger partial charge is 0.495 e. The third-order valence-electron chi connectivity index (χ3n) is 5.77. The maximum absolute atomic E-state index is 13.4.